The van der Waals surface area contributed by atoms with E-state index in [1.165, 1.54) is 6.21 Å². The van der Waals surface area contributed by atoms with Crippen LogP contribution in [0.4, 0.5) is 5.82 Å². The van der Waals surface area contributed by atoms with Gasteiger partial charge in [0.2, 0.25) is 0 Å². The minimum atomic E-state index is -1.13. The standard InChI is InChI=1S/C23H23N3O4/c1-3-30-23(28)20(22(27)18-7-5-4-6-8-18)15-24-21-13-14-25-26(21)16-17-9-11-19(29-2)12-10-17/h4-15,20H,3,16H2,1-2H3. The number of aromatic nitrogens is 2. The molecule has 30 heavy (non-hydrogen) atoms. The topological polar surface area (TPSA) is 82.8 Å². The van der Waals surface area contributed by atoms with Crippen molar-refractivity contribution in [3.63, 3.8) is 0 Å². The minimum absolute atomic E-state index is 0.181. The van der Waals surface area contributed by atoms with Crippen molar-refractivity contribution < 1.29 is 19.1 Å². The summed E-state index contributed by atoms with van der Waals surface area (Å²) in [4.78, 5) is 29.6. The number of Topliss-reactive ketones (excluding diaryl/α,β-unsaturated/α-hetero) is 1. The van der Waals surface area contributed by atoms with Gasteiger partial charge < -0.3 is 9.47 Å². The quantitative estimate of drug-likeness (QED) is 0.235. The normalized spacial score (nSPS) is 11.9. The van der Waals surface area contributed by atoms with Gasteiger partial charge in [-0.05, 0) is 24.6 Å². The molecule has 0 N–H and O–H groups in total. The fourth-order valence-electron chi connectivity index (χ4n) is 2.86. The molecule has 7 heteroatoms. The highest BCUT2D eigenvalue weighted by molar-refractivity contribution is 6.18. The predicted molar refractivity (Wildman–Crippen MR) is 113 cm³/mol. The fourth-order valence-corrected chi connectivity index (χ4v) is 2.86. The highest BCUT2D eigenvalue weighted by atomic mass is 16.5. The number of nitrogens with zero attached hydrogens (tertiary/aromatic N) is 3. The number of methoxy groups -OCH3 is 1. The van der Waals surface area contributed by atoms with Crippen molar-refractivity contribution in [3.05, 3.63) is 78.0 Å². The second-order valence-electron chi connectivity index (χ2n) is 6.43. The van der Waals surface area contributed by atoms with Gasteiger partial charge in [0, 0.05) is 17.8 Å². The van der Waals surface area contributed by atoms with Gasteiger partial charge in [-0.25, -0.2) is 9.67 Å². The van der Waals surface area contributed by atoms with Crippen LogP contribution in [0.25, 0.3) is 0 Å². The summed E-state index contributed by atoms with van der Waals surface area (Å²) in [5.41, 5.74) is 1.44. The number of aliphatic imine (C=N–C) groups is 1. The second kappa shape index (κ2) is 10.2. The molecule has 3 rings (SSSR count). The molecule has 7 nitrogen and oxygen atoms in total. The van der Waals surface area contributed by atoms with E-state index in [-0.39, 0.29) is 12.4 Å². The Morgan fingerprint density at radius 3 is 2.50 bits per heavy atom. The van der Waals surface area contributed by atoms with E-state index >= 15 is 0 Å². The first-order valence-corrected chi connectivity index (χ1v) is 9.57. The van der Waals surface area contributed by atoms with Crippen molar-refractivity contribution in [1.29, 1.82) is 0 Å². The van der Waals surface area contributed by atoms with Crippen LogP contribution < -0.4 is 4.74 Å². The van der Waals surface area contributed by atoms with Crippen LogP contribution in [0.3, 0.4) is 0 Å². The van der Waals surface area contributed by atoms with Crippen molar-refractivity contribution in [2.75, 3.05) is 13.7 Å². The molecule has 3 aromatic rings. The Balaban J connectivity index is 1.81. The number of benzene rings is 2. The molecule has 0 radical (unpaired) electrons. The third kappa shape index (κ3) is 5.20. The van der Waals surface area contributed by atoms with E-state index in [0.29, 0.717) is 17.9 Å². The van der Waals surface area contributed by atoms with Gasteiger partial charge in [0.1, 0.15) is 11.6 Å². The monoisotopic (exact) mass is 405 g/mol. The Labute approximate surface area is 175 Å². The molecular weight excluding hydrogens is 382 g/mol. The molecule has 1 aromatic heterocycles. The predicted octanol–water partition coefficient (Wildman–Crippen LogP) is 3.70. The van der Waals surface area contributed by atoms with Crippen molar-refractivity contribution in [1.82, 2.24) is 9.78 Å². The fraction of sp³-hybridized carbons (Fsp3) is 0.217. The first kappa shape index (κ1) is 21.0. The van der Waals surface area contributed by atoms with Crippen LogP contribution in [0.15, 0.2) is 71.9 Å². The van der Waals surface area contributed by atoms with E-state index < -0.39 is 11.9 Å². The summed E-state index contributed by atoms with van der Waals surface area (Å²) in [6, 6.07) is 18.0. The lowest BCUT2D eigenvalue weighted by Crippen LogP contribution is -2.27. The van der Waals surface area contributed by atoms with Crippen LogP contribution >= 0.6 is 0 Å². The lowest BCUT2D eigenvalue weighted by molar-refractivity contribution is -0.143. The summed E-state index contributed by atoms with van der Waals surface area (Å²) < 4.78 is 11.9. The van der Waals surface area contributed by atoms with Gasteiger partial charge in [-0.3, -0.25) is 9.59 Å². The van der Waals surface area contributed by atoms with E-state index in [1.54, 1.807) is 55.2 Å². The molecular formula is C23H23N3O4. The van der Waals surface area contributed by atoms with E-state index in [1.807, 2.05) is 30.3 Å². The number of rotatable bonds is 9. The molecule has 0 aliphatic carbocycles. The van der Waals surface area contributed by atoms with Crippen molar-refractivity contribution >= 4 is 23.8 Å². The number of carbonyl (C=O) groups excluding carboxylic acids is 2. The van der Waals surface area contributed by atoms with Crippen LogP contribution in [0.1, 0.15) is 22.8 Å². The summed E-state index contributed by atoms with van der Waals surface area (Å²) in [6.07, 6.45) is 2.95. The second-order valence-corrected chi connectivity index (χ2v) is 6.43. The number of ketones is 1. The van der Waals surface area contributed by atoms with E-state index in [0.717, 1.165) is 11.3 Å². The Bertz CT molecular complexity index is 1010. The minimum Gasteiger partial charge on any atom is -0.497 e. The molecule has 154 valence electrons. The molecule has 0 saturated heterocycles. The van der Waals surface area contributed by atoms with Gasteiger partial charge >= 0.3 is 5.97 Å². The molecule has 2 aromatic carbocycles. The molecule has 0 aliphatic rings. The van der Waals surface area contributed by atoms with Crippen LogP contribution in [0.2, 0.25) is 0 Å². The summed E-state index contributed by atoms with van der Waals surface area (Å²) in [7, 11) is 1.62. The Kier molecular flexibility index (Phi) is 7.10. The molecule has 1 atom stereocenters. The average molecular weight is 405 g/mol. The zero-order valence-electron chi connectivity index (χ0n) is 16.9. The summed E-state index contributed by atoms with van der Waals surface area (Å²) in [5, 5.41) is 4.29. The van der Waals surface area contributed by atoms with Crippen LogP contribution in [-0.4, -0.2) is 41.5 Å². The lowest BCUT2D eigenvalue weighted by Gasteiger charge is -2.11. The molecule has 0 aliphatic heterocycles. The third-order valence-corrected chi connectivity index (χ3v) is 4.42. The zero-order chi connectivity index (χ0) is 21.3. The Morgan fingerprint density at radius 2 is 1.83 bits per heavy atom. The maximum absolute atomic E-state index is 12.8. The lowest BCUT2D eigenvalue weighted by atomic mass is 9.99. The van der Waals surface area contributed by atoms with E-state index in [9.17, 15) is 9.59 Å². The SMILES string of the molecule is CCOC(=O)C(C=Nc1ccnn1Cc1ccc(OC)cc1)C(=O)c1ccccc1. The van der Waals surface area contributed by atoms with Crippen molar-refractivity contribution in [3.8, 4) is 5.75 Å². The Hall–Kier alpha value is -3.74. The van der Waals surface area contributed by atoms with E-state index in [4.69, 9.17) is 9.47 Å². The average Bonchev–Trinajstić information content (AvgIpc) is 3.22. The molecule has 0 saturated carbocycles. The first-order chi connectivity index (χ1) is 14.6. The van der Waals surface area contributed by atoms with Crippen LogP contribution in [0.5, 0.6) is 5.75 Å². The zero-order valence-corrected chi connectivity index (χ0v) is 16.9. The number of ether oxygens (including phenoxy) is 2. The van der Waals surface area contributed by atoms with E-state index in [2.05, 4.69) is 10.1 Å². The molecule has 1 unspecified atom stereocenters. The highest BCUT2D eigenvalue weighted by Gasteiger charge is 2.27. The smallest absolute Gasteiger partial charge is 0.322 e. The number of carbonyl (C=O) groups is 2. The van der Waals surface area contributed by atoms with Crippen molar-refractivity contribution in [2.24, 2.45) is 10.9 Å². The van der Waals surface area contributed by atoms with Gasteiger partial charge in [-0.2, -0.15) is 5.10 Å². The summed E-state index contributed by atoms with van der Waals surface area (Å²) in [5.74, 6) is -0.817. The molecule has 0 bridgehead atoms. The highest BCUT2D eigenvalue weighted by Crippen LogP contribution is 2.17. The molecule has 0 amide bonds. The maximum atomic E-state index is 12.8. The summed E-state index contributed by atoms with van der Waals surface area (Å²) >= 11 is 0. The Morgan fingerprint density at radius 1 is 1.10 bits per heavy atom. The number of hydrogen-bond acceptors (Lipinski definition) is 6. The van der Waals surface area contributed by atoms with Gasteiger partial charge in [0.25, 0.3) is 0 Å². The maximum Gasteiger partial charge on any atom is 0.322 e. The van der Waals surface area contributed by atoms with Crippen LogP contribution in [-0.2, 0) is 16.1 Å². The first-order valence-electron chi connectivity index (χ1n) is 9.57. The molecule has 0 spiro atoms. The van der Waals surface area contributed by atoms with Gasteiger partial charge in [0.15, 0.2) is 11.7 Å². The van der Waals surface area contributed by atoms with Gasteiger partial charge in [0.05, 0.1) is 26.5 Å². The third-order valence-electron chi connectivity index (χ3n) is 4.42. The molecule has 1 heterocycles. The van der Waals surface area contributed by atoms with Gasteiger partial charge in [-0.1, -0.05) is 42.5 Å². The van der Waals surface area contributed by atoms with Crippen molar-refractivity contribution in [2.45, 2.75) is 13.5 Å². The molecule has 0 fully saturated rings. The largest absolute Gasteiger partial charge is 0.497 e. The number of esters is 1. The van der Waals surface area contributed by atoms with Crippen LogP contribution in [0, 0.1) is 5.92 Å². The summed E-state index contributed by atoms with van der Waals surface area (Å²) in [6.45, 7) is 2.37. The number of hydrogen-bond donors (Lipinski definition) is 0. The van der Waals surface area contributed by atoms with Gasteiger partial charge in [-0.15, -0.1) is 0 Å².